The zero-order valence-electron chi connectivity index (χ0n) is 24.5. The number of carbonyl (C=O) groups excluding carboxylic acids is 2. The first-order valence-electron chi connectivity index (χ1n) is 15.5. The third kappa shape index (κ3) is 18.7. The summed E-state index contributed by atoms with van der Waals surface area (Å²) in [6, 6.07) is 0. The zero-order valence-corrected chi connectivity index (χ0v) is 24.5. The van der Waals surface area contributed by atoms with Crippen LogP contribution in [0.25, 0.3) is 0 Å². The van der Waals surface area contributed by atoms with Gasteiger partial charge in [-0.3, -0.25) is 9.59 Å². The molecule has 0 aromatic rings. The Kier molecular flexibility index (Phi) is 24.6. The number of rotatable bonds is 27. The van der Waals surface area contributed by atoms with Gasteiger partial charge in [0.1, 0.15) is 0 Å². The quantitative estimate of drug-likeness (QED) is 0.0741. The van der Waals surface area contributed by atoms with Gasteiger partial charge in [-0.25, -0.2) is 0 Å². The fraction of sp³-hybridized carbons (Fsp3) is 0.758. The second-order valence-corrected chi connectivity index (χ2v) is 10.6. The molecule has 3 N–H and O–H groups in total. The van der Waals surface area contributed by atoms with E-state index in [2.05, 4.69) is 50.3 Å². The van der Waals surface area contributed by atoms with Crippen LogP contribution in [0.2, 0.25) is 0 Å². The van der Waals surface area contributed by atoms with Crippen molar-refractivity contribution in [3.05, 3.63) is 36.5 Å². The van der Waals surface area contributed by atoms with Gasteiger partial charge in [-0.1, -0.05) is 121 Å². The maximum absolute atomic E-state index is 12.5. The number of hydrogen-bond acceptors (Lipinski definition) is 5. The summed E-state index contributed by atoms with van der Waals surface area (Å²) >= 11 is 0. The molecule has 0 aliphatic heterocycles. The summed E-state index contributed by atoms with van der Waals surface area (Å²) in [5.41, 5.74) is -2.38. The van der Waals surface area contributed by atoms with E-state index in [9.17, 15) is 24.9 Å². The van der Waals surface area contributed by atoms with Crippen molar-refractivity contribution in [1.82, 2.24) is 0 Å². The highest BCUT2D eigenvalue weighted by molar-refractivity contribution is 5.96. The Balaban J connectivity index is 4.00. The molecule has 2 unspecified atom stereocenters. The number of aliphatic hydroxyl groups is 3. The Hall–Kier alpha value is -1.56. The van der Waals surface area contributed by atoms with Gasteiger partial charge in [0.2, 0.25) is 0 Å². The number of unbranched alkanes of at least 4 members (excludes halogenated alkanes) is 13. The number of hydrogen-bond donors (Lipinski definition) is 3. The standard InChI is InChI=1S/C33H58O5/c1-3-5-7-9-11-13-14-15-16-17-18-20-21-23-25-27-30(35)32(37)33(38,29-34)31(36)28-26-24-22-19-12-10-8-6-4-2/h5,7,11,13,15-16,32,34,37-38H,3-4,6,8-10,12,14,17-29H2,1-2H3/b7-5-,13-11-,16-15-. The smallest absolute Gasteiger partial charge is 0.178 e. The van der Waals surface area contributed by atoms with E-state index in [0.29, 0.717) is 12.8 Å². The molecule has 0 amide bonds. The van der Waals surface area contributed by atoms with E-state index in [0.717, 1.165) is 70.6 Å². The Morgan fingerprint density at radius 3 is 1.68 bits per heavy atom. The average molecular weight is 535 g/mol. The first-order valence-corrected chi connectivity index (χ1v) is 15.5. The zero-order chi connectivity index (χ0) is 28.3. The van der Waals surface area contributed by atoms with Crippen LogP contribution in [-0.2, 0) is 9.59 Å². The van der Waals surface area contributed by atoms with E-state index in [1.54, 1.807) is 0 Å². The lowest BCUT2D eigenvalue weighted by molar-refractivity contribution is -0.165. The fourth-order valence-corrected chi connectivity index (χ4v) is 4.46. The number of Topliss-reactive ketones (excluding diaryl/α,β-unsaturated/α-hetero) is 2. The van der Waals surface area contributed by atoms with Crippen LogP contribution in [0.15, 0.2) is 36.5 Å². The molecule has 0 radical (unpaired) electrons. The van der Waals surface area contributed by atoms with Crippen molar-refractivity contribution in [3.8, 4) is 0 Å². The van der Waals surface area contributed by atoms with Gasteiger partial charge in [0.15, 0.2) is 23.3 Å². The summed E-state index contributed by atoms with van der Waals surface area (Å²) in [7, 11) is 0. The molecule has 0 saturated heterocycles. The normalized spacial score (nSPS) is 14.6. The molecule has 5 heteroatoms. The summed E-state index contributed by atoms with van der Waals surface area (Å²) < 4.78 is 0. The molecule has 0 aliphatic carbocycles. The van der Waals surface area contributed by atoms with Gasteiger partial charge in [0.05, 0.1) is 6.61 Å². The minimum absolute atomic E-state index is 0.0677. The number of carbonyl (C=O) groups is 2. The number of aliphatic hydroxyl groups excluding tert-OH is 2. The summed E-state index contributed by atoms with van der Waals surface area (Å²) in [6.45, 7) is 3.40. The van der Waals surface area contributed by atoms with Gasteiger partial charge < -0.3 is 15.3 Å². The molecule has 0 aliphatic rings. The van der Waals surface area contributed by atoms with Crippen molar-refractivity contribution in [3.63, 3.8) is 0 Å². The molecule has 0 fully saturated rings. The average Bonchev–Trinajstić information content (AvgIpc) is 2.93. The van der Waals surface area contributed by atoms with E-state index in [1.165, 1.54) is 32.1 Å². The predicted octanol–water partition coefficient (Wildman–Crippen LogP) is 7.72. The highest BCUT2D eigenvalue weighted by Gasteiger charge is 2.45. The van der Waals surface area contributed by atoms with E-state index >= 15 is 0 Å². The van der Waals surface area contributed by atoms with E-state index in [4.69, 9.17) is 0 Å². The predicted molar refractivity (Wildman–Crippen MR) is 159 cm³/mol. The molecule has 0 aromatic carbocycles. The SMILES string of the molecule is CC/C=C\C/C=C\C/C=C\CCCCCCCC(=O)C(O)C(O)(CO)C(=O)CCCCCCCCCCC. The van der Waals surface area contributed by atoms with Crippen molar-refractivity contribution in [2.24, 2.45) is 0 Å². The highest BCUT2D eigenvalue weighted by Crippen LogP contribution is 2.20. The molecule has 0 bridgehead atoms. The van der Waals surface area contributed by atoms with E-state index in [-0.39, 0.29) is 12.8 Å². The third-order valence-corrected chi connectivity index (χ3v) is 7.06. The maximum atomic E-state index is 12.5. The molecular formula is C33H58O5. The van der Waals surface area contributed by atoms with Crippen LogP contribution in [-0.4, -0.2) is 45.2 Å². The minimum atomic E-state index is -2.38. The monoisotopic (exact) mass is 534 g/mol. The minimum Gasteiger partial charge on any atom is -0.393 e. The first kappa shape index (κ1) is 36.4. The highest BCUT2D eigenvalue weighted by atomic mass is 16.4. The summed E-state index contributed by atoms with van der Waals surface area (Å²) in [4.78, 5) is 24.9. The van der Waals surface area contributed by atoms with Crippen LogP contribution < -0.4 is 0 Å². The second kappa shape index (κ2) is 25.7. The summed E-state index contributed by atoms with van der Waals surface area (Å²) in [5, 5.41) is 30.6. The molecule has 38 heavy (non-hydrogen) atoms. The lowest BCUT2D eigenvalue weighted by atomic mass is 9.85. The molecule has 0 saturated carbocycles. The van der Waals surface area contributed by atoms with Crippen molar-refractivity contribution in [1.29, 1.82) is 0 Å². The Bertz CT molecular complexity index is 666. The Labute approximate surface area is 233 Å². The maximum Gasteiger partial charge on any atom is 0.178 e. The molecule has 0 heterocycles. The van der Waals surface area contributed by atoms with Crippen LogP contribution in [0.1, 0.15) is 142 Å². The number of allylic oxidation sites excluding steroid dienone is 6. The molecule has 5 nitrogen and oxygen atoms in total. The number of ketones is 2. The molecule has 0 aromatic heterocycles. The van der Waals surface area contributed by atoms with Crippen molar-refractivity contribution < 1.29 is 24.9 Å². The van der Waals surface area contributed by atoms with Gasteiger partial charge in [-0.05, 0) is 44.9 Å². The molecule has 0 rings (SSSR count). The summed E-state index contributed by atoms with van der Waals surface area (Å²) in [5.74, 6) is -1.20. The second-order valence-electron chi connectivity index (χ2n) is 10.6. The van der Waals surface area contributed by atoms with Crippen molar-refractivity contribution in [2.45, 2.75) is 154 Å². The molecule has 2 atom stereocenters. The van der Waals surface area contributed by atoms with Crippen LogP contribution in [0.4, 0.5) is 0 Å². The fourth-order valence-electron chi connectivity index (χ4n) is 4.46. The lowest BCUT2D eigenvalue weighted by Gasteiger charge is -2.29. The van der Waals surface area contributed by atoms with Crippen molar-refractivity contribution >= 4 is 11.6 Å². The molecular weight excluding hydrogens is 476 g/mol. The largest absolute Gasteiger partial charge is 0.393 e. The van der Waals surface area contributed by atoms with Gasteiger partial charge in [0.25, 0.3) is 0 Å². The Morgan fingerprint density at radius 1 is 0.658 bits per heavy atom. The van der Waals surface area contributed by atoms with Crippen LogP contribution >= 0.6 is 0 Å². The molecule has 220 valence electrons. The first-order chi connectivity index (χ1) is 18.4. The molecule has 0 spiro atoms. The van der Waals surface area contributed by atoms with Gasteiger partial charge >= 0.3 is 0 Å². The van der Waals surface area contributed by atoms with Gasteiger partial charge in [-0.2, -0.15) is 0 Å². The summed E-state index contributed by atoms with van der Waals surface area (Å²) in [6.07, 6.45) is 30.1. The van der Waals surface area contributed by atoms with E-state index < -0.39 is 29.9 Å². The van der Waals surface area contributed by atoms with Crippen LogP contribution in [0, 0.1) is 0 Å². The Morgan fingerprint density at radius 2 is 1.13 bits per heavy atom. The van der Waals surface area contributed by atoms with Gasteiger partial charge in [-0.15, -0.1) is 0 Å². The van der Waals surface area contributed by atoms with Crippen LogP contribution in [0.5, 0.6) is 0 Å². The lowest BCUT2D eigenvalue weighted by Crippen LogP contribution is -2.55. The van der Waals surface area contributed by atoms with Crippen LogP contribution in [0.3, 0.4) is 0 Å². The van der Waals surface area contributed by atoms with Crippen molar-refractivity contribution in [2.75, 3.05) is 6.61 Å². The van der Waals surface area contributed by atoms with E-state index in [1.807, 2.05) is 0 Å². The topological polar surface area (TPSA) is 94.8 Å². The third-order valence-electron chi connectivity index (χ3n) is 7.06. The van der Waals surface area contributed by atoms with Gasteiger partial charge in [0, 0.05) is 12.8 Å².